The molecule has 3 nitrogen and oxygen atoms in total. The highest BCUT2D eigenvalue weighted by Gasteiger charge is 2.31. The highest BCUT2D eigenvalue weighted by Crippen LogP contribution is 2.25. The Labute approximate surface area is 97.7 Å². The second-order valence-electron chi connectivity index (χ2n) is 3.70. The molecular weight excluding hydrogens is 233 g/mol. The van der Waals surface area contributed by atoms with Crippen LogP contribution in [-0.2, 0) is 6.42 Å². The van der Waals surface area contributed by atoms with Gasteiger partial charge in [0.1, 0.15) is 5.75 Å². The van der Waals surface area contributed by atoms with Gasteiger partial charge in [-0.25, -0.2) is 0 Å². The summed E-state index contributed by atoms with van der Waals surface area (Å²) in [5.74, 6) is 5.69. The average molecular weight is 248 g/mol. The standard InChI is InChI=1S/C11H15F3N2O/c1-17-10-5-3-2-4-8(10)6-9(16-15)7-11(12,13)14/h2-5,9,16H,6-7,15H2,1H3. The van der Waals surface area contributed by atoms with Crippen LogP contribution in [0.15, 0.2) is 24.3 Å². The third-order valence-electron chi connectivity index (χ3n) is 2.37. The van der Waals surface area contributed by atoms with E-state index in [0.29, 0.717) is 11.3 Å². The van der Waals surface area contributed by atoms with Crippen molar-refractivity contribution in [1.82, 2.24) is 5.43 Å². The molecule has 96 valence electrons. The van der Waals surface area contributed by atoms with Crippen LogP contribution in [0.3, 0.4) is 0 Å². The van der Waals surface area contributed by atoms with E-state index in [1.807, 2.05) is 0 Å². The third-order valence-corrected chi connectivity index (χ3v) is 2.37. The Hall–Kier alpha value is -1.27. The van der Waals surface area contributed by atoms with Crippen molar-refractivity contribution in [3.8, 4) is 5.75 Å². The fraction of sp³-hybridized carbons (Fsp3) is 0.455. The summed E-state index contributed by atoms with van der Waals surface area (Å²) in [6.07, 6.45) is -5.04. The topological polar surface area (TPSA) is 47.3 Å². The van der Waals surface area contributed by atoms with Gasteiger partial charge in [0.2, 0.25) is 0 Å². The molecule has 1 atom stereocenters. The summed E-state index contributed by atoms with van der Waals surface area (Å²) in [6, 6.07) is 6.08. The highest BCUT2D eigenvalue weighted by atomic mass is 19.4. The zero-order valence-electron chi connectivity index (χ0n) is 9.42. The number of methoxy groups -OCH3 is 1. The minimum absolute atomic E-state index is 0.167. The van der Waals surface area contributed by atoms with Gasteiger partial charge >= 0.3 is 6.18 Å². The number of hydrogen-bond acceptors (Lipinski definition) is 3. The number of hydrazine groups is 1. The lowest BCUT2D eigenvalue weighted by Gasteiger charge is -2.18. The van der Waals surface area contributed by atoms with Crippen molar-refractivity contribution in [2.45, 2.75) is 25.1 Å². The molecule has 0 spiro atoms. The number of benzene rings is 1. The number of rotatable bonds is 5. The van der Waals surface area contributed by atoms with Gasteiger partial charge in [0.25, 0.3) is 0 Å². The number of ether oxygens (including phenoxy) is 1. The van der Waals surface area contributed by atoms with E-state index in [4.69, 9.17) is 10.6 Å². The summed E-state index contributed by atoms with van der Waals surface area (Å²) >= 11 is 0. The zero-order chi connectivity index (χ0) is 12.9. The van der Waals surface area contributed by atoms with Crippen molar-refractivity contribution in [1.29, 1.82) is 0 Å². The van der Waals surface area contributed by atoms with Crippen molar-refractivity contribution in [3.05, 3.63) is 29.8 Å². The van der Waals surface area contributed by atoms with Gasteiger partial charge < -0.3 is 4.74 Å². The largest absolute Gasteiger partial charge is 0.496 e. The van der Waals surface area contributed by atoms with Crippen LogP contribution in [0.4, 0.5) is 13.2 Å². The average Bonchev–Trinajstić information content (AvgIpc) is 2.27. The summed E-state index contributed by atoms with van der Waals surface area (Å²) in [7, 11) is 1.48. The summed E-state index contributed by atoms with van der Waals surface area (Å²) in [5, 5.41) is 0. The van der Waals surface area contributed by atoms with Crippen LogP contribution in [0.5, 0.6) is 5.75 Å². The molecule has 0 heterocycles. The van der Waals surface area contributed by atoms with Gasteiger partial charge in [-0.15, -0.1) is 0 Å². The molecular formula is C11H15F3N2O. The molecule has 17 heavy (non-hydrogen) atoms. The molecule has 1 aromatic rings. The maximum absolute atomic E-state index is 12.3. The predicted octanol–water partition coefficient (Wildman–Crippen LogP) is 2.02. The molecule has 6 heteroatoms. The summed E-state index contributed by atoms with van der Waals surface area (Å²) in [5.41, 5.74) is 2.88. The lowest BCUT2D eigenvalue weighted by Crippen LogP contribution is -2.40. The second-order valence-corrected chi connectivity index (χ2v) is 3.70. The van der Waals surface area contributed by atoms with Gasteiger partial charge in [-0.05, 0) is 18.1 Å². The van der Waals surface area contributed by atoms with Crippen molar-refractivity contribution >= 4 is 0 Å². The number of halogens is 3. The molecule has 0 radical (unpaired) electrons. The Morgan fingerprint density at radius 2 is 2.00 bits per heavy atom. The Bertz CT molecular complexity index is 355. The first-order valence-corrected chi connectivity index (χ1v) is 5.11. The maximum atomic E-state index is 12.3. The van der Waals surface area contributed by atoms with Crippen LogP contribution in [0.2, 0.25) is 0 Å². The Morgan fingerprint density at radius 3 is 2.53 bits per heavy atom. The first-order valence-electron chi connectivity index (χ1n) is 5.11. The fourth-order valence-electron chi connectivity index (χ4n) is 1.61. The molecule has 1 rings (SSSR count). The van der Waals surface area contributed by atoms with Crippen LogP contribution in [0, 0.1) is 0 Å². The molecule has 0 aromatic heterocycles. The molecule has 0 saturated heterocycles. The maximum Gasteiger partial charge on any atom is 0.390 e. The summed E-state index contributed by atoms with van der Waals surface area (Å²) in [4.78, 5) is 0. The van der Waals surface area contributed by atoms with E-state index in [2.05, 4.69) is 5.43 Å². The lowest BCUT2D eigenvalue weighted by molar-refractivity contribution is -0.140. The Morgan fingerprint density at radius 1 is 1.35 bits per heavy atom. The third kappa shape index (κ3) is 4.62. The van der Waals surface area contributed by atoms with Gasteiger partial charge in [0, 0.05) is 6.04 Å². The molecule has 0 bridgehead atoms. The van der Waals surface area contributed by atoms with E-state index in [-0.39, 0.29) is 6.42 Å². The molecule has 0 aliphatic heterocycles. The number of nitrogens with two attached hydrogens (primary N) is 1. The molecule has 1 unspecified atom stereocenters. The molecule has 0 amide bonds. The van der Waals surface area contributed by atoms with Gasteiger partial charge in [-0.1, -0.05) is 18.2 Å². The van der Waals surface area contributed by atoms with E-state index < -0.39 is 18.6 Å². The van der Waals surface area contributed by atoms with E-state index in [9.17, 15) is 13.2 Å². The number of alkyl halides is 3. The van der Waals surface area contributed by atoms with Crippen molar-refractivity contribution in [2.24, 2.45) is 5.84 Å². The number of nitrogens with one attached hydrogen (secondary N) is 1. The Kier molecular flexibility index (Phi) is 4.77. The summed E-state index contributed by atoms with van der Waals surface area (Å²) in [6.45, 7) is 0. The first-order chi connectivity index (χ1) is 7.96. The van der Waals surface area contributed by atoms with Crippen molar-refractivity contribution in [3.63, 3.8) is 0 Å². The van der Waals surface area contributed by atoms with Gasteiger partial charge in [0.05, 0.1) is 13.5 Å². The smallest absolute Gasteiger partial charge is 0.390 e. The minimum atomic E-state index is -4.24. The van der Waals surface area contributed by atoms with Crippen LogP contribution >= 0.6 is 0 Å². The monoisotopic (exact) mass is 248 g/mol. The van der Waals surface area contributed by atoms with Crippen LogP contribution in [0.1, 0.15) is 12.0 Å². The molecule has 3 N–H and O–H groups in total. The van der Waals surface area contributed by atoms with Gasteiger partial charge in [0.15, 0.2) is 0 Å². The van der Waals surface area contributed by atoms with E-state index in [1.54, 1.807) is 24.3 Å². The molecule has 0 aliphatic carbocycles. The van der Waals surface area contributed by atoms with E-state index >= 15 is 0 Å². The van der Waals surface area contributed by atoms with Gasteiger partial charge in [-0.2, -0.15) is 13.2 Å². The molecule has 0 fully saturated rings. The van der Waals surface area contributed by atoms with Crippen LogP contribution in [0.25, 0.3) is 0 Å². The van der Waals surface area contributed by atoms with E-state index in [0.717, 1.165) is 0 Å². The number of hydrogen-bond donors (Lipinski definition) is 2. The van der Waals surface area contributed by atoms with E-state index in [1.165, 1.54) is 7.11 Å². The zero-order valence-corrected chi connectivity index (χ0v) is 9.42. The highest BCUT2D eigenvalue weighted by molar-refractivity contribution is 5.33. The SMILES string of the molecule is COc1ccccc1CC(CC(F)(F)F)NN. The van der Waals surface area contributed by atoms with Gasteiger partial charge in [-0.3, -0.25) is 11.3 Å². The normalized spacial score (nSPS) is 13.5. The van der Waals surface area contributed by atoms with Crippen molar-refractivity contribution < 1.29 is 17.9 Å². The molecule has 1 aromatic carbocycles. The fourth-order valence-corrected chi connectivity index (χ4v) is 1.61. The lowest BCUT2D eigenvalue weighted by atomic mass is 10.0. The Balaban J connectivity index is 2.73. The minimum Gasteiger partial charge on any atom is -0.496 e. The van der Waals surface area contributed by atoms with Crippen molar-refractivity contribution in [2.75, 3.05) is 7.11 Å². The molecule has 0 aliphatic rings. The summed E-state index contributed by atoms with van der Waals surface area (Å²) < 4.78 is 41.8. The predicted molar refractivity (Wildman–Crippen MR) is 58.5 cm³/mol. The van der Waals surface area contributed by atoms with Crippen LogP contribution in [-0.4, -0.2) is 19.3 Å². The number of para-hydroxylation sites is 1. The molecule has 0 saturated carbocycles. The van der Waals surface area contributed by atoms with Crippen LogP contribution < -0.4 is 16.0 Å². The quantitative estimate of drug-likeness (QED) is 0.619. The first kappa shape index (κ1) is 13.8. The second kappa shape index (κ2) is 5.88.